The molecule has 0 aromatic heterocycles. The monoisotopic (exact) mass is 418 g/mol. The Morgan fingerprint density at radius 1 is 0.600 bits per heavy atom. The fourth-order valence-corrected chi connectivity index (χ4v) is 1.92. The Bertz CT molecular complexity index is 804. The maximum Gasteiger partial charge on any atom is 0.390 e. The van der Waals surface area contributed by atoms with E-state index in [4.69, 9.17) is 29.3 Å². The summed E-state index contributed by atoms with van der Waals surface area (Å²) in [6.07, 6.45) is 0. The lowest BCUT2D eigenvalue weighted by atomic mass is 10.2. The van der Waals surface area contributed by atoms with Crippen LogP contribution in [-0.4, -0.2) is 23.1 Å². The van der Waals surface area contributed by atoms with Crippen LogP contribution in [0.4, 0.5) is 0 Å². The molecule has 8 nitrogen and oxygen atoms in total. The first kappa shape index (κ1) is 23.2. The van der Waals surface area contributed by atoms with Crippen LogP contribution in [0.3, 0.4) is 0 Å². The van der Waals surface area contributed by atoms with E-state index >= 15 is 0 Å². The second kappa shape index (κ2) is 9.60. The lowest BCUT2D eigenvalue weighted by Gasteiger charge is -2.19. The third-order valence-electron chi connectivity index (χ3n) is 3.17. The molecule has 0 saturated carbocycles. The summed E-state index contributed by atoms with van der Waals surface area (Å²) in [6.45, 7) is 10.7. The van der Waals surface area contributed by atoms with Gasteiger partial charge >= 0.3 is 11.9 Å². The highest BCUT2D eigenvalue weighted by Gasteiger charge is 2.23. The van der Waals surface area contributed by atoms with Crippen LogP contribution in [0.5, 0.6) is 11.5 Å². The molecular weight excluding hydrogens is 392 g/mol. The predicted molar refractivity (Wildman–Crippen MR) is 107 cm³/mol. The topological polar surface area (TPSA) is 89.5 Å². The van der Waals surface area contributed by atoms with Gasteiger partial charge in [0.2, 0.25) is 0 Å². The Morgan fingerprint density at radius 2 is 0.933 bits per heavy atom. The summed E-state index contributed by atoms with van der Waals surface area (Å²) in [5.74, 6) is -1.62. The number of carbonyl (C=O) groups is 2. The van der Waals surface area contributed by atoms with E-state index in [1.165, 1.54) is 24.3 Å². The minimum absolute atomic E-state index is 0.0233. The molecule has 0 bridgehead atoms. The Labute approximate surface area is 175 Å². The van der Waals surface area contributed by atoms with Crippen molar-refractivity contribution < 1.29 is 38.9 Å². The summed E-state index contributed by atoms with van der Waals surface area (Å²) in [6, 6.07) is 12.5. The number of para-hydroxylation sites is 2. The van der Waals surface area contributed by atoms with Crippen molar-refractivity contribution in [3.63, 3.8) is 0 Å². The highest BCUT2D eigenvalue weighted by atomic mass is 17.2. The second-order valence-corrected chi connectivity index (χ2v) is 8.29. The van der Waals surface area contributed by atoms with Crippen LogP contribution in [0.25, 0.3) is 0 Å². The molecule has 0 atom stereocenters. The van der Waals surface area contributed by atoms with Crippen molar-refractivity contribution in [2.75, 3.05) is 0 Å². The van der Waals surface area contributed by atoms with Crippen molar-refractivity contribution in [3.8, 4) is 11.5 Å². The highest BCUT2D eigenvalue weighted by Crippen LogP contribution is 2.24. The molecule has 0 fully saturated rings. The molecule has 0 aliphatic carbocycles. The van der Waals surface area contributed by atoms with E-state index in [-0.39, 0.29) is 22.6 Å². The number of benzene rings is 2. The van der Waals surface area contributed by atoms with Gasteiger partial charge < -0.3 is 9.78 Å². The minimum atomic E-state index is -0.930. The van der Waals surface area contributed by atoms with Crippen LogP contribution in [0.15, 0.2) is 48.5 Å². The molecule has 2 aromatic rings. The zero-order valence-electron chi connectivity index (χ0n) is 17.9. The molecule has 2 aromatic carbocycles. The Hall–Kier alpha value is -3.10. The van der Waals surface area contributed by atoms with Gasteiger partial charge in [-0.2, -0.15) is 9.78 Å². The van der Waals surface area contributed by atoms with Gasteiger partial charge in [-0.1, -0.05) is 24.3 Å². The molecule has 162 valence electrons. The van der Waals surface area contributed by atoms with E-state index in [9.17, 15) is 9.59 Å². The quantitative estimate of drug-likeness (QED) is 0.487. The zero-order valence-corrected chi connectivity index (χ0v) is 17.9. The van der Waals surface area contributed by atoms with Crippen molar-refractivity contribution in [1.82, 2.24) is 0 Å². The van der Waals surface area contributed by atoms with E-state index < -0.39 is 23.1 Å². The third-order valence-corrected chi connectivity index (χ3v) is 3.17. The summed E-state index contributed by atoms with van der Waals surface area (Å²) in [7, 11) is 0. The highest BCUT2D eigenvalue weighted by molar-refractivity contribution is 5.95. The first-order valence-corrected chi connectivity index (χ1v) is 9.29. The van der Waals surface area contributed by atoms with E-state index in [0.29, 0.717) is 0 Å². The van der Waals surface area contributed by atoms with Gasteiger partial charge in [-0.25, -0.2) is 19.4 Å². The van der Waals surface area contributed by atoms with Gasteiger partial charge in [0, 0.05) is 0 Å². The van der Waals surface area contributed by atoms with E-state index in [1.54, 1.807) is 65.8 Å². The van der Waals surface area contributed by atoms with Gasteiger partial charge in [0.25, 0.3) is 0 Å². The molecule has 0 spiro atoms. The molecule has 0 N–H and O–H groups in total. The lowest BCUT2D eigenvalue weighted by Crippen LogP contribution is -2.22. The summed E-state index contributed by atoms with van der Waals surface area (Å²) >= 11 is 0. The van der Waals surface area contributed by atoms with Crippen LogP contribution >= 0.6 is 0 Å². The van der Waals surface area contributed by atoms with Crippen molar-refractivity contribution in [2.45, 2.75) is 52.7 Å². The van der Waals surface area contributed by atoms with Crippen LogP contribution in [0, 0.1) is 0 Å². The largest absolute Gasteiger partial charge is 0.390 e. The molecular formula is C22H26O8. The minimum Gasteiger partial charge on any atom is -0.336 e. The van der Waals surface area contributed by atoms with Crippen LogP contribution in [-0.2, 0) is 19.6 Å². The first-order valence-electron chi connectivity index (χ1n) is 9.29. The summed E-state index contributed by atoms with van der Waals surface area (Å²) < 4.78 is 0. The van der Waals surface area contributed by atoms with E-state index in [1.807, 2.05) is 0 Å². The van der Waals surface area contributed by atoms with Crippen LogP contribution in [0.2, 0.25) is 0 Å². The molecule has 30 heavy (non-hydrogen) atoms. The standard InChI is InChI=1S/C22H26O8/c1-21(2,3)29-25-17-13-9-7-11-15(17)19(23)27-28-20(24)16-12-8-10-14-18(16)26-30-22(4,5)6/h7-14H,1-6H3. The van der Waals surface area contributed by atoms with Crippen LogP contribution in [0.1, 0.15) is 62.3 Å². The molecule has 2 rings (SSSR count). The number of carbonyl (C=O) groups excluding carboxylic acids is 2. The lowest BCUT2D eigenvalue weighted by molar-refractivity contribution is -0.275. The molecule has 0 radical (unpaired) electrons. The molecule has 0 aliphatic heterocycles. The number of rotatable bonds is 6. The second-order valence-electron chi connectivity index (χ2n) is 8.29. The Kier molecular flexibility index (Phi) is 7.42. The average Bonchev–Trinajstić information content (AvgIpc) is 2.68. The van der Waals surface area contributed by atoms with Crippen molar-refractivity contribution in [3.05, 3.63) is 59.7 Å². The Morgan fingerprint density at radius 3 is 1.27 bits per heavy atom. The average molecular weight is 418 g/mol. The summed E-state index contributed by atoms with van der Waals surface area (Å²) in [5, 5.41) is 0. The number of hydrogen-bond acceptors (Lipinski definition) is 8. The predicted octanol–water partition coefficient (Wildman–Crippen LogP) is 4.83. The van der Waals surface area contributed by atoms with Crippen molar-refractivity contribution in [1.29, 1.82) is 0 Å². The SMILES string of the molecule is CC(C)(C)OOc1ccccc1C(=O)OOC(=O)c1ccccc1OOC(C)(C)C. The maximum atomic E-state index is 12.4. The van der Waals surface area contributed by atoms with E-state index in [0.717, 1.165) is 0 Å². The van der Waals surface area contributed by atoms with Gasteiger partial charge in [0.05, 0.1) is 0 Å². The molecule has 8 heteroatoms. The van der Waals surface area contributed by atoms with Gasteiger partial charge in [-0.3, -0.25) is 0 Å². The fraction of sp³-hybridized carbons (Fsp3) is 0.364. The van der Waals surface area contributed by atoms with Gasteiger partial charge in [-0.05, 0) is 65.8 Å². The van der Waals surface area contributed by atoms with Gasteiger partial charge in [0.15, 0.2) is 11.5 Å². The smallest absolute Gasteiger partial charge is 0.336 e. The molecule has 0 unspecified atom stereocenters. The zero-order chi connectivity index (χ0) is 22.4. The Balaban J connectivity index is 2.05. The molecule has 0 heterocycles. The van der Waals surface area contributed by atoms with Gasteiger partial charge in [0.1, 0.15) is 22.3 Å². The normalized spacial score (nSPS) is 11.5. The van der Waals surface area contributed by atoms with E-state index in [2.05, 4.69) is 0 Å². The van der Waals surface area contributed by atoms with Crippen molar-refractivity contribution in [2.24, 2.45) is 0 Å². The molecule has 0 aliphatic rings. The van der Waals surface area contributed by atoms with Crippen molar-refractivity contribution >= 4 is 11.9 Å². The fourth-order valence-electron chi connectivity index (χ4n) is 1.92. The van der Waals surface area contributed by atoms with Gasteiger partial charge in [-0.15, -0.1) is 0 Å². The third kappa shape index (κ3) is 7.38. The summed E-state index contributed by atoms with van der Waals surface area (Å²) in [5.41, 5.74) is -1.14. The first-order chi connectivity index (χ1) is 14.0. The maximum absolute atomic E-state index is 12.4. The number of hydrogen-bond donors (Lipinski definition) is 0. The van der Waals surface area contributed by atoms with Crippen LogP contribution < -0.4 is 9.78 Å². The molecule has 0 saturated heterocycles. The molecule has 0 amide bonds. The summed E-state index contributed by atoms with van der Waals surface area (Å²) in [4.78, 5) is 55.0.